The van der Waals surface area contributed by atoms with Crippen LogP contribution >= 0.6 is 11.6 Å². The number of amides is 1. The summed E-state index contributed by atoms with van der Waals surface area (Å²) in [7, 11) is 1.64. The van der Waals surface area contributed by atoms with E-state index in [2.05, 4.69) is 0 Å². The lowest BCUT2D eigenvalue weighted by Crippen LogP contribution is -2.39. The van der Waals surface area contributed by atoms with Crippen LogP contribution in [0.25, 0.3) is 0 Å². The van der Waals surface area contributed by atoms with E-state index in [1.54, 1.807) is 20.9 Å². The summed E-state index contributed by atoms with van der Waals surface area (Å²) >= 11 is 5.84. The van der Waals surface area contributed by atoms with Gasteiger partial charge in [-0.25, -0.2) is 4.39 Å². The van der Waals surface area contributed by atoms with Crippen LogP contribution in [0.4, 0.5) is 4.39 Å². The van der Waals surface area contributed by atoms with Gasteiger partial charge in [0.2, 0.25) is 0 Å². The minimum atomic E-state index is -0.739. The molecule has 0 spiro atoms. The summed E-state index contributed by atoms with van der Waals surface area (Å²) < 4.78 is 18.3. The van der Waals surface area contributed by atoms with Crippen molar-refractivity contribution in [3.05, 3.63) is 29.0 Å². The third-order valence-corrected chi connectivity index (χ3v) is 3.10. The molecule has 2 unspecified atom stereocenters. The fourth-order valence-electron chi connectivity index (χ4n) is 1.61. The molecule has 4 nitrogen and oxygen atoms in total. The predicted octanol–water partition coefficient (Wildman–Crippen LogP) is 2.48. The number of likely N-dealkylation sites (N-methyl/N-ethyl adjacent to an activating group) is 1. The molecular formula is C14H19ClFNO3. The van der Waals surface area contributed by atoms with Crippen LogP contribution in [0.5, 0.6) is 5.75 Å². The Kier molecular flexibility index (Phi) is 6.23. The number of carbonyl (C=O) groups excluding carboxylic acids is 1. The summed E-state index contributed by atoms with van der Waals surface area (Å²) in [6.07, 6.45) is -0.711. The first-order valence-electron chi connectivity index (χ1n) is 6.36. The normalized spacial score (nSPS) is 13.7. The molecule has 0 saturated carbocycles. The predicted molar refractivity (Wildman–Crippen MR) is 75.4 cm³/mol. The van der Waals surface area contributed by atoms with Gasteiger partial charge in [0.1, 0.15) is 11.6 Å². The maximum Gasteiger partial charge on any atom is 0.263 e. The van der Waals surface area contributed by atoms with E-state index < -0.39 is 18.0 Å². The van der Waals surface area contributed by atoms with Crippen LogP contribution in [-0.2, 0) is 4.79 Å². The maximum atomic E-state index is 12.9. The van der Waals surface area contributed by atoms with Gasteiger partial charge in [0, 0.05) is 13.6 Å². The maximum absolute atomic E-state index is 12.9. The van der Waals surface area contributed by atoms with Crippen molar-refractivity contribution < 1.29 is 19.0 Å². The lowest BCUT2D eigenvalue weighted by Gasteiger charge is -2.23. The number of aliphatic hydroxyl groups excluding tert-OH is 1. The largest absolute Gasteiger partial charge is 0.479 e. The molecule has 1 rings (SSSR count). The number of benzene rings is 1. The van der Waals surface area contributed by atoms with E-state index in [4.69, 9.17) is 16.3 Å². The Morgan fingerprint density at radius 3 is 2.70 bits per heavy atom. The van der Waals surface area contributed by atoms with Crippen LogP contribution in [0, 0.1) is 5.82 Å². The lowest BCUT2D eigenvalue weighted by molar-refractivity contribution is -0.136. The zero-order valence-electron chi connectivity index (χ0n) is 11.8. The quantitative estimate of drug-likeness (QED) is 0.878. The molecule has 1 amide bonds. The highest BCUT2D eigenvalue weighted by Gasteiger charge is 2.20. The second-order valence-corrected chi connectivity index (χ2v) is 5.14. The third kappa shape index (κ3) is 4.98. The highest BCUT2D eigenvalue weighted by atomic mass is 35.5. The van der Waals surface area contributed by atoms with Crippen LogP contribution in [0.2, 0.25) is 5.02 Å². The van der Waals surface area contributed by atoms with Crippen LogP contribution in [-0.4, -0.2) is 41.7 Å². The van der Waals surface area contributed by atoms with Gasteiger partial charge in [0.25, 0.3) is 5.91 Å². The molecule has 0 radical (unpaired) electrons. The van der Waals surface area contributed by atoms with Crippen LogP contribution < -0.4 is 4.74 Å². The first-order chi connectivity index (χ1) is 9.31. The van der Waals surface area contributed by atoms with Gasteiger partial charge in [-0.3, -0.25) is 4.79 Å². The fraction of sp³-hybridized carbons (Fsp3) is 0.500. The van der Waals surface area contributed by atoms with Crippen molar-refractivity contribution in [3.8, 4) is 5.75 Å². The molecule has 1 N–H and O–H groups in total. The molecule has 20 heavy (non-hydrogen) atoms. The topological polar surface area (TPSA) is 49.8 Å². The van der Waals surface area contributed by atoms with Gasteiger partial charge in [-0.1, -0.05) is 11.6 Å². The minimum Gasteiger partial charge on any atom is -0.479 e. The van der Waals surface area contributed by atoms with Crippen molar-refractivity contribution in [2.24, 2.45) is 0 Å². The number of rotatable bonds is 6. The molecular weight excluding hydrogens is 285 g/mol. The molecule has 0 aliphatic heterocycles. The smallest absolute Gasteiger partial charge is 0.263 e. The first kappa shape index (κ1) is 16.7. The van der Waals surface area contributed by atoms with E-state index in [0.717, 1.165) is 6.07 Å². The van der Waals surface area contributed by atoms with E-state index in [0.29, 0.717) is 13.0 Å². The first-order valence-corrected chi connectivity index (χ1v) is 6.73. The van der Waals surface area contributed by atoms with Gasteiger partial charge in [-0.15, -0.1) is 0 Å². The van der Waals surface area contributed by atoms with Gasteiger partial charge in [-0.2, -0.15) is 0 Å². The lowest BCUT2D eigenvalue weighted by atomic mass is 10.2. The standard InChI is InChI=1S/C14H19ClFNO3/c1-9(18)6-7-17(3)14(19)10(2)20-13-5-4-11(16)8-12(13)15/h4-5,8-10,18H,6-7H2,1-3H3. The summed E-state index contributed by atoms with van der Waals surface area (Å²) in [5.41, 5.74) is 0. The molecule has 0 aromatic heterocycles. The SMILES string of the molecule is CC(O)CCN(C)C(=O)C(C)Oc1ccc(F)cc1Cl. The average molecular weight is 304 g/mol. The zero-order valence-corrected chi connectivity index (χ0v) is 12.5. The summed E-state index contributed by atoms with van der Waals surface area (Å²) in [5, 5.41) is 9.32. The van der Waals surface area contributed by atoms with Gasteiger partial charge < -0.3 is 14.7 Å². The van der Waals surface area contributed by atoms with Crippen molar-refractivity contribution in [1.82, 2.24) is 4.90 Å². The van der Waals surface area contributed by atoms with E-state index in [9.17, 15) is 14.3 Å². The Balaban J connectivity index is 2.61. The van der Waals surface area contributed by atoms with Gasteiger partial charge in [0.05, 0.1) is 11.1 Å². The van der Waals surface area contributed by atoms with Crippen molar-refractivity contribution in [3.63, 3.8) is 0 Å². The number of halogens is 2. The van der Waals surface area contributed by atoms with Crippen LogP contribution in [0.3, 0.4) is 0 Å². The Hall–Kier alpha value is -1.33. The molecule has 0 saturated heterocycles. The molecule has 112 valence electrons. The van der Waals surface area contributed by atoms with Crippen molar-refractivity contribution >= 4 is 17.5 Å². The molecule has 0 bridgehead atoms. The highest BCUT2D eigenvalue weighted by Crippen LogP contribution is 2.26. The summed E-state index contributed by atoms with van der Waals surface area (Å²) in [4.78, 5) is 13.5. The Morgan fingerprint density at radius 1 is 1.50 bits per heavy atom. The third-order valence-electron chi connectivity index (χ3n) is 2.80. The number of hydrogen-bond acceptors (Lipinski definition) is 3. The van der Waals surface area contributed by atoms with Crippen LogP contribution in [0.1, 0.15) is 20.3 Å². The van der Waals surface area contributed by atoms with E-state index in [1.165, 1.54) is 17.0 Å². The van der Waals surface area contributed by atoms with Gasteiger partial charge >= 0.3 is 0 Å². The van der Waals surface area contributed by atoms with Crippen molar-refractivity contribution in [2.45, 2.75) is 32.5 Å². The second kappa shape index (κ2) is 7.45. The van der Waals surface area contributed by atoms with Crippen molar-refractivity contribution in [1.29, 1.82) is 0 Å². The molecule has 0 fully saturated rings. The number of hydrogen-bond donors (Lipinski definition) is 1. The van der Waals surface area contributed by atoms with Gasteiger partial charge in [0.15, 0.2) is 6.10 Å². The number of aliphatic hydroxyl groups is 1. The van der Waals surface area contributed by atoms with E-state index >= 15 is 0 Å². The Morgan fingerprint density at radius 2 is 2.15 bits per heavy atom. The molecule has 6 heteroatoms. The fourth-order valence-corrected chi connectivity index (χ4v) is 1.82. The molecule has 0 aliphatic carbocycles. The van der Waals surface area contributed by atoms with E-state index in [-0.39, 0.29) is 16.7 Å². The second-order valence-electron chi connectivity index (χ2n) is 4.73. The molecule has 0 heterocycles. The Bertz CT molecular complexity index is 468. The molecule has 0 aliphatic rings. The zero-order chi connectivity index (χ0) is 15.3. The minimum absolute atomic E-state index is 0.122. The molecule has 1 aromatic rings. The highest BCUT2D eigenvalue weighted by molar-refractivity contribution is 6.32. The summed E-state index contributed by atoms with van der Waals surface area (Å²) in [6, 6.07) is 3.73. The summed E-state index contributed by atoms with van der Waals surface area (Å²) in [6.45, 7) is 3.69. The average Bonchev–Trinajstić information content (AvgIpc) is 2.38. The molecule has 1 aromatic carbocycles. The Labute approximate surface area is 123 Å². The number of carbonyl (C=O) groups is 1. The monoisotopic (exact) mass is 303 g/mol. The van der Waals surface area contributed by atoms with Crippen LogP contribution in [0.15, 0.2) is 18.2 Å². The number of ether oxygens (including phenoxy) is 1. The number of nitrogens with zero attached hydrogens (tertiary/aromatic N) is 1. The summed E-state index contributed by atoms with van der Waals surface area (Å²) in [5.74, 6) is -0.431. The molecule has 2 atom stereocenters. The van der Waals surface area contributed by atoms with Crippen molar-refractivity contribution in [2.75, 3.05) is 13.6 Å². The van der Waals surface area contributed by atoms with E-state index in [1.807, 2.05) is 0 Å². The van der Waals surface area contributed by atoms with Gasteiger partial charge in [-0.05, 0) is 38.5 Å².